The molecule has 0 saturated carbocycles. The van der Waals surface area contributed by atoms with Gasteiger partial charge in [-0.2, -0.15) is 0 Å². The van der Waals surface area contributed by atoms with Gasteiger partial charge in [0.15, 0.2) is 5.82 Å². The number of hydrogen-bond acceptors (Lipinski definition) is 3. The largest absolute Gasteiger partial charge is 0.381 e. The molecule has 0 unspecified atom stereocenters. The SMILES string of the molecule is CCc1c(N)nnn1-c1ccc(Br)c(F)c1. The molecule has 1 heterocycles. The Bertz CT molecular complexity index is 524. The van der Waals surface area contributed by atoms with E-state index >= 15 is 0 Å². The Balaban J connectivity index is 2.54. The monoisotopic (exact) mass is 284 g/mol. The van der Waals surface area contributed by atoms with Crippen molar-refractivity contribution in [2.24, 2.45) is 0 Å². The molecule has 0 atom stereocenters. The Labute approximate surface area is 100 Å². The summed E-state index contributed by atoms with van der Waals surface area (Å²) in [5, 5.41) is 7.66. The van der Waals surface area contributed by atoms with E-state index in [1.54, 1.807) is 16.8 Å². The summed E-state index contributed by atoms with van der Waals surface area (Å²) in [6, 6.07) is 4.76. The molecule has 16 heavy (non-hydrogen) atoms. The molecule has 0 aliphatic heterocycles. The maximum absolute atomic E-state index is 13.4. The standard InChI is InChI=1S/C10H10BrFN4/c1-2-9-10(13)14-15-16(9)6-3-4-7(11)8(12)5-6/h3-5H,2,13H2,1H3. The van der Waals surface area contributed by atoms with Crippen molar-refractivity contribution in [1.82, 2.24) is 15.0 Å². The molecule has 1 aromatic heterocycles. The molecule has 0 spiro atoms. The molecule has 0 saturated heterocycles. The lowest BCUT2D eigenvalue weighted by Crippen LogP contribution is -2.03. The van der Waals surface area contributed by atoms with Crippen LogP contribution in [0.4, 0.5) is 10.2 Å². The van der Waals surface area contributed by atoms with Crippen LogP contribution in [0, 0.1) is 5.82 Å². The molecule has 1 aromatic carbocycles. The minimum Gasteiger partial charge on any atom is -0.381 e. The predicted octanol–water partition coefficient (Wildman–Crippen LogP) is 2.31. The third kappa shape index (κ3) is 1.80. The summed E-state index contributed by atoms with van der Waals surface area (Å²) in [6.45, 7) is 1.95. The number of hydrogen-bond donors (Lipinski definition) is 1. The third-order valence-corrected chi connectivity index (χ3v) is 2.92. The van der Waals surface area contributed by atoms with Crippen LogP contribution in [-0.4, -0.2) is 15.0 Å². The zero-order valence-corrected chi connectivity index (χ0v) is 10.2. The van der Waals surface area contributed by atoms with Crippen LogP contribution in [-0.2, 0) is 6.42 Å². The smallest absolute Gasteiger partial charge is 0.169 e. The van der Waals surface area contributed by atoms with Crippen molar-refractivity contribution >= 4 is 21.7 Å². The van der Waals surface area contributed by atoms with Gasteiger partial charge in [0, 0.05) is 6.07 Å². The van der Waals surface area contributed by atoms with E-state index in [0.29, 0.717) is 22.4 Å². The molecule has 6 heteroatoms. The van der Waals surface area contributed by atoms with Crippen LogP contribution in [0.1, 0.15) is 12.6 Å². The number of nitrogens with zero attached hydrogens (tertiary/aromatic N) is 3. The Morgan fingerprint density at radius 2 is 2.25 bits per heavy atom. The molecule has 0 amide bonds. The normalized spacial score (nSPS) is 10.7. The van der Waals surface area contributed by atoms with Crippen molar-refractivity contribution in [3.8, 4) is 5.69 Å². The van der Waals surface area contributed by atoms with Crippen LogP contribution in [0.25, 0.3) is 5.69 Å². The zero-order chi connectivity index (χ0) is 11.7. The molecular formula is C10H10BrFN4. The Hall–Kier alpha value is -1.43. The Kier molecular flexibility index (Phi) is 2.91. The van der Waals surface area contributed by atoms with E-state index < -0.39 is 0 Å². The van der Waals surface area contributed by atoms with Crippen LogP contribution < -0.4 is 5.73 Å². The van der Waals surface area contributed by atoms with Crippen molar-refractivity contribution in [1.29, 1.82) is 0 Å². The second-order valence-electron chi connectivity index (χ2n) is 3.29. The van der Waals surface area contributed by atoms with Crippen molar-refractivity contribution in [2.45, 2.75) is 13.3 Å². The zero-order valence-electron chi connectivity index (χ0n) is 8.61. The van der Waals surface area contributed by atoms with Gasteiger partial charge in [-0.15, -0.1) is 5.10 Å². The number of benzene rings is 1. The van der Waals surface area contributed by atoms with E-state index in [2.05, 4.69) is 26.2 Å². The van der Waals surface area contributed by atoms with E-state index in [-0.39, 0.29) is 5.82 Å². The average molecular weight is 285 g/mol. The first-order valence-electron chi connectivity index (χ1n) is 4.79. The number of nitrogen functional groups attached to an aromatic ring is 1. The van der Waals surface area contributed by atoms with Crippen molar-refractivity contribution in [3.05, 3.63) is 34.2 Å². The molecule has 2 N–H and O–H groups in total. The third-order valence-electron chi connectivity index (χ3n) is 2.28. The highest BCUT2D eigenvalue weighted by molar-refractivity contribution is 9.10. The molecule has 84 valence electrons. The molecular weight excluding hydrogens is 275 g/mol. The summed E-state index contributed by atoms with van der Waals surface area (Å²) >= 11 is 3.10. The summed E-state index contributed by atoms with van der Waals surface area (Å²) in [5.41, 5.74) is 7.05. The first-order valence-corrected chi connectivity index (χ1v) is 5.58. The fourth-order valence-corrected chi connectivity index (χ4v) is 1.71. The molecule has 0 radical (unpaired) electrons. The summed E-state index contributed by atoms with van der Waals surface area (Å²) in [4.78, 5) is 0. The number of aromatic nitrogens is 3. The van der Waals surface area contributed by atoms with Gasteiger partial charge in [-0.05, 0) is 34.5 Å². The van der Waals surface area contributed by atoms with Crippen LogP contribution >= 0.6 is 15.9 Å². The summed E-state index contributed by atoms with van der Waals surface area (Å²) in [6.07, 6.45) is 0.691. The number of nitrogens with two attached hydrogens (primary N) is 1. The Morgan fingerprint density at radius 3 is 2.88 bits per heavy atom. The fraction of sp³-hybridized carbons (Fsp3) is 0.200. The van der Waals surface area contributed by atoms with Gasteiger partial charge in [0.05, 0.1) is 15.9 Å². The molecule has 2 rings (SSSR count). The minimum absolute atomic E-state index is 0.339. The summed E-state index contributed by atoms with van der Waals surface area (Å²) in [5.74, 6) is 0.0412. The van der Waals surface area contributed by atoms with Gasteiger partial charge in [-0.25, -0.2) is 9.07 Å². The molecule has 0 aliphatic carbocycles. The van der Waals surface area contributed by atoms with Gasteiger partial charge in [0.25, 0.3) is 0 Å². The van der Waals surface area contributed by atoms with E-state index in [1.165, 1.54) is 6.07 Å². The quantitative estimate of drug-likeness (QED) is 0.921. The summed E-state index contributed by atoms with van der Waals surface area (Å²) in [7, 11) is 0. The van der Waals surface area contributed by atoms with Crippen LogP contribution in [0.3, 0.4) is 0 Å². The highest BCUT2D eigenvalue weighted by atomic mass is 79.9. The lowest BCUT2D eigenvalue weighted by Gasteiger charge is -2.05. The second kappa shape index (κ2) is 4.21. The van der Waals surface area contributed by atoms with Gasteiger partial charge in [-0.1, -0.05) is 12.1 Å². The fourth-order valence-electron chi connectivity index (χ4n) is 1.47. The van der Waals surface area contributed by atoms with Crippen LogP contribution in [0.2, 0.25) is 0 Å². The molecule has 0 fully saturated rings. The lowest BCUT2D eigenvalue weighted by atomic mass is 10.3. The van der Waals surface area contributed by atoms with E-state index in [9.17, 15) is 4.39 Å². The minimum atomic E-state index is -0.339. The first-order chi connectivity index (χ1) is 7.63. The summed E-state index contributed by atoms with van der Waals surface area (Å²) < 4.78 is 15.3. The second-order valence-corrected chi connectivity index (χ2v) is 4.14. The van der Waals surface area contributed by atoms with Gasteiger partial charge < -0.3 is 5.73 Å². The van der Waals surface area contributed by atoms with E-state index in [1.807, 2.05) is 6.92 Å². The number of rotatable bonds is 2. The van der Waals surface area contributed by atoms with E-state index in [4.69, 9.17) is 5.73 Å². The highest BCUT2D eigenvalue weighted by Crippen LogP contribution is 2.20. The lowest BCUT2D eigenvalue weighted by molar-refractivity contribution is 0.617. The van der Waals surface area contributed by atoms with Crippen molar-refractivity contribution in [3.63, 3.8) is 0 Å². The first kappa shape index (κ1) is 11.1. The van der Waals surface area contributed by atoms with Gasteiger partial charge in [0.2, 0.25) is 0 Å². The highest BCUT2D eigenvalue weighted by Gasteiger charge is 2.11. The molecule has 0 aliphatic rings. The molecule has 2 aromatic rings. The van der Waals surface area contributed by atoms with Crippen molar-refractivity contribution in [2.75, 3.05) is 5.73 Å². The average Bonchev–Trinajstić information content (AvgIpc) is 2.63. The maximum Gasteiger partial charge on any atom is 0.169 e. The molecule has 4 nitrogen and oxygen atoms in total. The van der Waals surface area contributed by atoms with Crippen LogP contribution in [0.15, 0.2) is 22.7 Å². The van der Waals surface area contributed by atoms with E-state index in [0.717, 1.165) is 5.69 Å². The van der Waals surface area contributed by atoms with Gasteiger partial charge in [-0.3, -0.25) is 0 Å². The van der Waals surface area contributed by atoms with Gasteiger partial charge in [0.1, 0.15) is 5.82 Å². The Morgan fingerprint density at radius 1 is 1.50 bits per heavy atom. The van der Waals surface area contributed by atoms with Crippen LogP contribution in [0.5, 0.6) is 0 Å². The molecule has 0 bridgehead atoms. The van der Waals surface area contributed by atoms with Crippen molar-refractivity contribution < 1.29 is 4.39 Å². The number of halogens is 2. The maximum atomic E-state index is 13.4. The predicted molar refractivity (Wildman–Crippen MR) is 62.8 cm³/mol. The topological polar surface area (TPSA) is 56.7 Å². The van der Waals surface area contributed by atoms with Gasteiger partial charge >= 0.3 is 0 Å². The number of anilines is 1.